The lowest BCUT2D eigenvalue weighted by Gasteiger charge is -2.33. The van der Waals surface area contributed by atoms with Crippen LogP contribution in [0.25, 0.3) is 5.69 Å². The van der Waals surface area contributed by atoms with Crippen LogP contribution in [-0.2, 0) is 4.79 Å². The van der Waals surface area contributed by atoms with Gasteiger partial charge in [0.25, 0.3) is 5.56 Å². The van der Waals surface area contributed by atoms with Crippen LogP contribution in [-0.4, -0.2) is 75.8 Å². The monoisotopic (exact) mass is 419 g/mol. The molecular formula is C19H22FN5O3S. The summed E-state index contributed by atoms with van der Waals surface area (Å²) in [5.74, 6) is -0.698. The predicted octanol–water partition coefficient (Wildman–Crippen LogP) is 1.32. The molecule has 1 aromatic carbocycles. The number of hydrogen-bond acceptors (Lipinski definition) is 6. The van der Waals surface area contributed by atoms with Gasteiger partial charge in [-0.1, -0.05) is 0 Å². The molecule has 0 spiro atoms. The van der Waals surface area contributed by atoms with Crippen LogP contribution in [0, 0.1) is 10.6 Å². The second kappa shape index (κ2) is 9.10. The molecule has 1 aromatic heterocycles. The first kappa shape index (κ1) is 20.9. The first-order chi connectivity index (χ1) is 13.9. The number of nitrogens with one attached hydrogen (secondary N) is 1. The van der Waals surface area contributed by atoms with Gasteiger partial charge in [0.05, 0.1) is 12.2 Å². The minimum atomic E-state index is -0.551. The molecule has 0 saturated carbocycles. The van der Waals surface area contributed by atoms with Crippen LogP contribution in [0.2, 0.25) is 0 Å². The van der Waals surface area contributed by atoms with E-state index in [1.807, 2.05) is 4.90 Å². The molecule has 1 saturated heterocycles. The summed E-state index contributed by atoms with van der Waals surface area (Å²) in [6.45, 7) is 5.61. The number of aromatic nitrogens is 2. The van der Waals surface area contributed by atoms with Gasteiger partial charge >= 0.3 is 0 Å². The SMILES string of the molecule is CC(=O)N1CCN(CCN=Cc2c(O)n(-c3ccc(F)cc3)c(=S)[nH]c2=O)CC1. The Morgan fingerprint density at radius 1 is 1.28 bits per heavy atom. The minimum absolute atomic E-state index is 0.000370. The van der Waals surface area contributed by atoms with Crippen molar-refractivity contribution in [3.8, 4) is 11.6 Å². The molecule has 10 heteroatoms. The lowest BCUT2D eigenvalue weighted by molar-refractivity contribution is -0.130. The maximum absolute atomic E-state index is 13.2. The molecule has 0 atom stereocenters. The Kier molecular flexibility index (Phi) is 6.55. The number of carbonyl (C=O) groups is 1. The number of carbonyl (C=O) groups excluding carboxylic acids is 1. The van der Waals surface area contributed by atoms with Gasteiger partial charge in [-0.25, -0.2) is 4.39 Å². The number of halogens is 1. The van der Waals surface area contributed by atoms with Crippen molar-refractivity contribution in [2.75, 3.05) is 39.3 Å². The Labute approximate surface area is 171 Å². The Hall–Kier alpha value is -2.85. The molecule has 1 amide bonds. The number of rotatable bonds is 5. The topological polar surface area (TPSA) is 93.9 Å². The summed E-state index contributed by atoms with van der Waals surface area (Å²) in [6, 6.07) is 5.37. The van der Waals surface area contributed by atoms with E-state index in [1.165, 1.54) is 35.0 Å². The van der Waals surface area contributed by atoms with Gasteiger partial charge < -0.3 is 10.0 Å². The summed E-state index contributed by atoms with van der Waals surface area (Å²) in [4.78, 5) is 34.3. The zero-order valence-corrected chi connectivity index (χ0v) is 16.8. The number of aromatic amines is 1. The van der Waals surface area contributed by atoms with Crippen molar-refractivity contribution in [1.82, 2.24) is 19.4 Å². The number of amides is 1. The molecule has 0 radical (unpaired) electrons. The van der Waals surface area contributed by atoms with Crippen molar-refractivity contribution < 1.29 is 14.3 Å². The first-order valence-electron chi connectivity index (χ1n) is 9.18. The summed E-state index contributed by atoms with van der Waals surface area (Å²) >= 11 is 5.12. The van der Waals surface area contributed by atoms with Crippen molar-refractivity contribution in [2.45, 2.75) is 6.92 Å². The normalized spacial score (nSPS) is 15.2. The molecule has 8 nitrogen and oxygen atoms in total. The maximum atomic E-state index is 13.2. The predicted molar refractivity (Wildman–Crippen MR) is 110 cm³/mol. The van der Waals surface area contributed by atoms with Gasteiger partial charge in [-0.05, 0) is 36.5 Å². The maximum Gasteiger partial charge on any atom is 0.264 e. The molecule has 1 aliphatic heterocycles. The highest BCUT2D eigenvalue weighted by molar-refractivity contribution is 7.71. The van der Waals surface area contributed by atoms with E-state index in [1.54, 1.807) is 6.92 Å². The lowest BCUT2D eigenvalue weighted by Crippen LogP contribution is -2.48. The highest BCUT2D eigenvalue weighted by atomic mass is 32.1. The summed E-state index contributed by atoms with van der Waals surface area (Å²) in [5.41, 5.74) is -0.155. The van der Waals surface area contributed by atoms with E-state index in [-0.39, 0.29) is 22.1 Å². The van der Waals surface area contributed by atoms with Crippen LogP contribution in [0.1, 0.15) is 12.5 Å². The van der Waals surface area contributed by atoms with Crippen LogP contribution in [0.4, 0.5) is 4.39 Å². The van der Waals surface area contributed by atoms with Crippen LogP contribution in [0.15, 0.2) is 34.1 Å². The Bertz CT molecular complexity index is 1020. The van der Waals surface area contributed by atoms with Gasteiger partial charge in [-0.2, -0.15) is 0 Å². The number of nitrogens with zero attached hydrogens (tertiary/aromatic N) is 4. The molecule has 2 N–H and O–H groups in total. The van der Waals surface area contributed by atoms with Crippen LogP contribution >= 0.6 is 12.2 Å². The number of H-pyrrole nitrogens is 1. The van der Waals surface area contributed by atoms with E-state index >= 15 is 0 Å². The van der Waals surface area contributed by atoms with E-state index in [9.17, 15) is 19.1 Å². The van der Waals surface area contributed by atoms with E-state index in [4.69, 9.17) is 12.2 Å². The van der Waals surface area contributed by atoms with Gasteiger partial charge in [0, 0.05) is 45.9 Å². The smallest absolute Gasteiger partial charge is 0.264 e. The molecule has 154 valence electrons. The van der Waals surface area contributed by atoms with Crippen LogP contribution in [0.3, 0.4) is 0 Å². The number of benzene rings is 1. The van der Waals surface area contributed by atoms with Crippen molar-refractivity contribution in [1.29, 1.82) is 0 Å². The number of hydrogen-bond donors (Lipinski definition) is 2. The van der Waals surface area contributed by atoms with Crippen molar-refractivity contribution in [3.63, 3.8) is 0 Å². The standard InChI is InChI=1S/C19H22FN5O3S/c1-13(26)24-10-8-23(9-11-24)7-6-21-12-16-17(27)22-19(29)25(18(16)28)15-4-2-14(20)3-5-15/h2-5,12,28H,6-11H2,1H3,(H,22,27,29). The van der Waals surface area contributed by atoms with Crippen LogP contribution < -0.4 is 5.56 Å². The first-order valence-corrected chi connectivity index (χ1v) is 9.59. The molecule has 2 heterocycles. The van der Waals surface area contributed by atoms with E-state index in [0.29, 0.717) is 31.9 Å². The summed E-state index contributed by atoms with van der Waals surface area (Å²) < 4.78 is 14.4. The van der Waals surface area contributed by atoms with Crippen molar-refractivity contribution in [3.05, 3.63) is 50.8 Å². The third-order valence-corrected chi connectivity index (χ3v) is 5.07. The average Bonchev–Trinajstić information content (AvgIpc) is 2.69. The highest BCUT2D eigenvalue weighted by Crippen LogP contribution is 2.18. The molecular weight excluding hydrogens is 397 g/mol. The third kappa shape index (κ3) is 4.96. The van der Waals surface area contributed by atoms with Gasteiger partial charge in [-0.15, -0.1) is 0 Å². The highest BCUT2D eigenvalue weighted by Gasteiger charge is 2.18. The number of aromatic hydroxyl groups is 1. The third-order valence-electron chi connectivity index (χ3n) is 4.79. The van der Waals surface area contributed by atoms with E-state index in [2.05, 4.69) is 14.9 Å². The number of piperazine rings is 1. The zero-order valence-electron chi connectivity index (χ0n) is 16.0. The quantitative estimate of drug-likeness (QED) is 0.563. The fourth-order valence-corrected chi connectivity index (χ4v) is 3.41. The fraction of sp³-hybridized carbons (Fsp3) is 0.368. The molecule has 0 unspecified atom stereocenters. The summed E-state index contributed by atoms with van der Waals surface area (Å²) in [5, 5.41) is 10.5. The second-order valence-corrected chi connectivity index (χ2v) is 7.08. The number of aliphatic imine (C=N–C) groups is 1. The largest absolute Gasteiger partial charge is 0.494 e. The Balaban J connectivity index is 1.70. The molecule has 29 heavy (non-hydrogen) atoms. The van der Waals surface area contributed by atoms with Gasteiger partial charge in [0.1, 0.15) is 11.4 Å². The van der Waals surface area contributed by atoms with Crippen LogP contribution in [0.5, 0.6) is 5.88 Å². The fourth-order valence-electron chi connectivity index (χ4n) is 3.13. The zero-order chi connectivity index (χ0) is 21.0. The van der Waals surface area contributed by atoms with Crippen molar-refractivity contribution >= 4 is 24.3 Å². The average molecular weight is 419 g/mol. The molecule has 2 aromatic rings. The van der Waals surface area contributed by atoms with E-state index < -0.39 is 11.4 Å². The second-order valence-electron chi connectivity index (χ2n) is 6.69. The molecule has 0 bridgehead atoms. The molecule has 1 aliphatic rings. The summed E-state index contributed by atoms with van der Waals surface area (Å²) in [6.07, 6.45) is 1.31. The minimum Gasteiger partial charge on any atom is -0.494 e. The lowest BCUT2D eigenvalue weighted by atomic mass is 10.3. The molecule has 3 rings (SSSR count). The van der Waals surface area contributed by atoms with Crippen molar-refractivity contribution in [2.24, 2.45) is 4.99 Å². The Morgan fingerprint density at radius 2 is 1.93 bits per heavy atom. The van der Waals surface area contributed by atoms with E-state index in [0.717, 1.165) is 13.1 Å². The van der Waals surface area contributed by atoms with Gasteiger partial charge in [0.2, 0.25) is 11.8 Å². The molecule has 0 aliphatic carbocycles. The summed E-state index contributed by atoms with van der Waals surface area (Å²) in [7, 11) is 0. The molecule has 1 fully saturated rings. The van der Waals surface area contributed by atoms with Gasteiger partial charge in [-0.3, -0.25) is 29.0 Å². The van der Waals surface area contributed by atoms with Gasteiger partial charge in [0.15, 0.2) is 4.77 Å². The Morgan fingerprint density at radius 3 is 2.55 bits per heavy atom.